The van der Waals surface area contributed by atoms with Gasteiger partial charge in [-0.2, -0.15) is 0 Å². The molecule has 1 N–H and O–H groups in total. The monoisotopic (exact) mass is 279 g/mol. The molecule has 1 aromatic heterocycles. The van der Waals surface area contributed by atoms with Gasteiger partial charge in [-0.15, -0.1) is 5.10 Å². The number of hydrogen-bond donors (Lipinski definition) is 1. The van der Waals surface area contributed by atoms with Crippen LogP contribution in [0.2, 0.25) is 0 Å². The van der Waals surface area contributed by atoms with Gasteiger partial charge in [0.1, 0.15) is 6.33 Å². The van der Waals surface area contributed by atoms with Crippen molar-refractivity contribution < 1.29 is 0 Å². The molecule has 0 saturated heterocycles. The predicted octanol–water partition coefficient (Wildman–Crippen LogP) is 3.14. The van der Waals surface area contributed by atoms with Gasteiger partial charge in [-0.05, 0) is 54.1 Å². The minimum Gasteiger partial charge on any atom is -0.379 e. The van der Waals surface area contributed by atoms with Gasteiger partial charge < -0.3 is 5.32 Å². The molecule has 0 amide bonds. The number of benzene rings is 2. The van der Waals surface area contributed by atoms with Gasteiger partial charge in [0.2, 0.25) is 0 Å². The SMILES string of the molecule is Cc1ccc(NC(C)c2cccc(-n3cnnn3)c2)cc1. The summed E-state index contributed by atoms with van der Waals surface area (Å²) in [5, 5.41) is 14.7. The maximum Gasteiger partial charge on any atom is 0.143 e. The minimum atomic E-state index is 0.198. The third-order valence-electron chi connectivity index (χ3n) is 3.42. The van der Waals surface area contributed by atoms with Crippen molar-refractivity contribution in [2.24, 2.45) is 0 Å². The molecule has 1 heterocycles. The topological polar surface area (TPSA) is 55.6 Å². The first kappa shape index (κ1) is 13.3. The number of rotatable bonds is 4. The minimum absolute atomic E-state index is 0.198. The van der Waals surface area contributed by atoms with E-state index in [1.807, 2.05) is 12.1 Å². The van der Waals surface area contributed by atoms with Crippen LogP contribution in [0.15, 0.2) is 54.9 Å². The summed E-state index contributed by atoms with van der Waals surface area (Å²) in [6.07, 6.45) is 1.59. The molecule has 3 aromatic rings. The largest absolute Gasteiger partial charge is 0.379 e. The first-order valence-electron chi connectivity index (χ1n) is 6.89. The van der Waals surface area contributed by atoms with Crippen LogP contribution in [0.1, 0.15) is 24.1 Å². The summed E-state index contributed by atoms with van der Waals surface area (Å²) in [4.78, 5) is 0. The van der Waals surface area contributed by atoms with E-state index < -0.39 is 0 Å². The first-order chi connectivity index (χ1) is 10.2. The second-order valence-corrected chi connectivity index (χ2v) is 5.08. The molecule has 0 fully saturated rings. The summed E-state index contributed by atoms with van der Waals surface area (Å²) in [5.41, 5.74) is 4.51. The van der Waals surface area contributed by atoms with Crippen LogP contribution in [0.25, 0.3) is 5.69 Å². The molecule has 0 aliphatic carbocycles. The van der Waals surface area contributed by atoms with E-state index in [-0.39, 0.29) is 6.04 Å². The number of aromatic nitrogens is 4. The van der Waals surface area contributed by atoms with Crippen LogP contribution in [0, 0.1) is 6.92 Å². The van der Waals surface area contributed by atoms with E-state index in [0.29, 0.717) is 0 Å². The van der Waals surface area contributed by atoms with Gasteiger partial charge in [0.05, 0.1) is 5.69 Å². The van der Waals surface area contributed by atoms with Gasteiger partial charge in [0.15, 0.2) is 0 Å². The van der Waals surface area contributed by atoms with E-state index in [4.69, 9.17) is 0 Å². The summed E-state index contributed by atoms with van der Waals surface area (Å²) in [5.74, 6) is 0. The van der Waals surface area contributed by atoms with Crippen molar-refractivity contribution in [3.8, 4) is 5.69 Å². The van der Waals surface area contributed by atoms with E-state index in [0.717, 1.165) is 11.4 Å². The molecule has 1 unspecified atom stereocenters. The van der Waals surface area contributed by atoms with Gasteiger partial charge in [0, 0.05) is 11.7 Å². The van der Waals surface area contributed by atoms with Crippen LogP contribution >= 0.6 is 0 Å². The summed E-state index contributed by atoms with van der Waals surface area (Å²) in [6, 6.07) is 16.8. The number of nitrogens with one attached hydrogen (secondary N) is 1. The Hall–Kier alpha value is -2.69. The van der Waals surface area contributed by atoms with Gasteiger partial charge in [-0.1, -0.05) is 29.8 Å². The van der Waals surface area contributed by atoms with Crippen LogP contribution < -0.4 is 5.32 Å². The molecule has 3 rings (SSSR count). The molecule has 5 nitrogen and oxygen atoms in total. The lowest BCUT2D eigenvalue weighted by molar-refractivity contribution is 0.785. The summed E-state index contributed by atoms with van der Waals surface area (Å²) in [6.45, 7) is 4.22. The fraction of sp³-hybridized carbons (Fsp3) is 0.188. The number of nitrogens with zero attached hydrogens (tertiary/aromatic N) is 4. The van der Waals surface area contributed by atoms with Crippen molar-refractivity contribution in [1.82, 2.24) is 20.2 Å². The zero-order valence-corrected chi connectivity index (χ0v) is 12.1. The molecule has 0 radical (unpaired) electrons. The highest BCUT2D eigenvalue weighted by atomic mass is 15.5. The average molecular weight is 279 g/mol. The molecule has 0 aliphatic rings. The van der Waals surface area contributed by atoms with Crippen LogP contribution in [0.3, 0.4) is 0 Å². The molecule has 0 bridgehead atoms. The second kappa shape index (κ2) is 5.75. The molecule has 0 saturated carbocycles. The summed E-state index contributed by atoms with van der Waals surface area (Å²) < 4.78 is 1.65. The lowest BCUT2D eigenvalue weighted by Crippen LogP contribution is -2.07. The Morgan fingerprint density at radius 1 is 1.10 bits per heavy atom. The Morgan fingerprint density at radius 2 is 1.90 bits per heavy atom. The van der Waals surface area contributed by atoms with Crippen LogP contribution in [-0.2, 0) is 0 Å². The van der Waals surface area contributed by atoms with Crippen LogP contribution in [-0.4, -0.2) is 20.2 Å². The molecule has 0 spiro atoms. The Labute approximate surface area is 123 Å². The highest BCUT2D eigenvalue weighted by Crippen LogP contribution is 2.21. The smallest absolute Gasteiger partial charge is 0.143 e. The Kier molecular flexibility index (Phi) is 3.64. The van der Waals surface area contributed by atoms with E-state index in [2.05, 4.69) is 71.1 Å². The zero-order valence-electron chi connectivity index (χ0n) is 12.1. The molecule has 0 aliphatic heterocycles. The molecule has 2 aromatic carbocycles. The van der Waals surface area contributed by atoms with Gasteiger partial charge >= 0.3 is 0 Å². The predicted molar refractivity (Wildman–Crippen MR) is 82.4 cm³/mol. The van der Waals surface area contributed by atoms with Crippen molar-refractivity contribution in [2.75, 3.05) is 5.32 Å². The third-order valence-corrected chi connectivity index (χ3v) is 3.42. The van der Waals surface area contributed by atoms with Crippen molar-refractivity contribution in [1.29, 1.82) is 0 Å². The molecule has 1 atom stereocenters. The lowest BCUT2D eigenvalue weighted by Gasteiger charge is -2.16. The Balaban J connectivity index is 1.80. The highest BCUT2D eigenvalue weighted by molar-refractivity contribution is 5.47. The van der Waals surface area contributed by atoms with Gasteiger partial charge in [-0.25, -0.2) is 4.68 Å². The van der Waals surface area contributed by atoms with E-state index in [9.17, 15) is 0 Å². The fourth-order valence-electron chi connectivity index (χ4n) is 2.20. The van der Waals surface area contributed by atoms with E-state index >= 15 is 0 Å². The standard InChI is InChI=1S/C16H17N5/c1-12-6-8-15(9-7-12)18-13(2)14-4-3-5-16(10-14)21-11-17-19-20-21/h3-11,13,18H,1-2H3. The first-order valence-corrected chi connectivity index (χ1v) is 6.89. The highest BCUT2D eigenvalue weighted by Gasteiger charge is 2.07. The van der Waals surface area contributed by atoms with E-state index in [1.54, 1.807) is 11.0 Å². The van der Waals surface area contributed by atoms with Crippen LogP contribution in [0.5, 0.6) is 0 Å². The van der Waals surface area contributed by atoms with Crippen molar-refractivity contribution >= 4 is 5.69 Å². The molecule has 21 heavy (non-hydrogen) atoms. The zero-order chi connectivity index (χ0) is 14.7. The lowest BCUT2D eigenvalue weighted by atomic mass is 10.1. The molecular formula is C16H17N5. The van der Waals surface area contributed by atoms with Crippen molar-refractivity contribution in [3.63, 3.8) is 0 Å². The Bertz CT molecular complexity index is 704. The molecule has 5 heteroatoms. The number of anilines is 1. The maximum absolute atomic E-state index is 3.92. The van der Waals surface area contributed by atoms with Gasteiger partial charge in [0.25, 0.3) is 0 Å². The van der Waals surface area contributed by atoms with Crippen LogP contribution in [0.4, 0.5) is 5.69 Å². The van der Waals surface area contributed by atoms with Crippen molar-refractivity contribution in [3.05, 3.63) is 66.0 Å². The Morgan fingerprint density at radius 3 is 2.62 bits per heavy atom. The van der Waals surface area contributed by atoms with E-state index in [1.165, 1.54) is 11.1 Å². The van der Waals surface area contributed by atoms with Crippen molar-refractivity contribution in [2.45, 2.75) is 19.9 Å². The maximum atomic E-state index is 3.92. The molecular weight excluding hydrogens is 262 g/mol. The number of aryl methyl sites for hydroxylation is 1. The normalized spacial score (nSPS) is 12.1. The number of hydrogen-bond acceptors (Lipinski definition) is 4. The second-order valence-electron chi connectivity index (χ2n) is 5.08. The summed E-state index contributed by atoms with van der Waals surface area (Å²) in [7, 11) is 0. The quantitative estimate of drug-likeness (QED) is 0.797. The summed E-state index contributed by atoms with van der Waals surface area (Å²) >= 11 is 0. The molecule has 106 valence electrons. The third kappa shape index (κ3) is 3.08. The fourth-order valence-corrected chi connectivity index (χ4v) is 2.20. The number of tetrazole rings is 1. The van der Waals surface area contributed by atoms with Gasteiger partial charge in [-0.3, -0.25) is 0 Å². The average Bonchev–Trinajstić information content (AvgIpc) is 3.04.